The lowest BCUT2D eigenvalue weighted by Crippen LogP contribution is -1.97. The fraction of sp³-hybridized carbons (Fsp3) is 0. The van der Waals surface area contributed by atoms with Gasteiger partial charge in [-0.1, -0.05) is 11.6 Å². The predicted octanol–water partition coefficient (Wildman–Crippen LogP) is 4.60. The molecule has 1 heterocycles. The van der Waals surface area contributed by atoms with Gasteiger partial charge in [-0.2, -0.15) is 5.10 Å². The van der Waals surface area contributed by atoms with Gasteiger partial charge in [-0.15, -0.1) is 0 Å². The largest absolute Gasteiger partial charge is 0.508 e. The van der Waals surface area contributed by atoms with E-state index in [9.17, 15) is 19.7 Å². The summed E-state index contributed by atoms with van der Waals surface area (Å²) < 4.78 is 15.0. The molecule has 0 atom stereocenters. The lowest BCUT2D eigenvalue weighted by Gasteiger charge is -2.05. The molecular formula is C19H12ClFN2O3. The van der Waals surface area contributed by atoms with E-state index in [1.807, 2.05) is 0 Å². The minimum atomic E-state index is -0.550. The van der Waals surface area contributed by atoms with Crippen LogP contribution in [0.4, 0.5) is 4.39 Å². The van der Waals surface area contributed by atoms with Gasteiger partial charge in [-0.25, -0.2) is 9.07 Å². The fourth-order valence-corrected chi connectivity index (χ4v) is 3.01. The average molecular weight is 371 g/mol. The maximum absolute atomic E-state index is 13.5. The van der Waals surface area contributed by atoms with Crippen LogP contribution >= 0.6 is 11.6 Å². The third-order valence-corrected chi connectivity index (χ3v) is 4.34. The Bertz CT molecular complexity index is 1160. The van der Waals surface area contributed by atoms with Gasteiger partial charge in [0.1, 0.15) is 28.8 Å². The van der Waals surface area contributed by atoms with Crippen LogP contribution in [0, 0.1) is 5.82 Å². The van der Waals surface area contributed by atoms with E-state index in [4.69, 9.17) is 11.6 Å². The molecule has 1 aromatic heterocycles. The van der Waals surface area contributed by atoms with E-state index < -0.39 is 5.82 Å². The number of benzene rings is 3. The van der Waals surface area contributed by atoms with Gasteiger partial charge in [0.05, 0.1) is 16.2 Å². The second-order valence-electron chi connectivity index (χ2n) is 5.76. The van der Waals surface area contributed by atoms with Crippen LogP contribution in [0.15, 0.2) is 54.6 Å². The summed E-state index contributed by atoms with van der Waals surface area (Å²) in [5.74, 6) is -0.723. The van der Waals surface area contributed by atoms with Gasteiger partial charge < -0.3 is 15.3 Å². The Kier molecular flexibility index (Phi) is 3.70. The van der Waals surface area contributed by atoms with Crippen LogP contribution in [-0.4, -0.2) is 25.1 Å². The average Bonchev–Trinajstić information content (AvgIpc) is 2.96. The van der Waals surface area contributed by atoms with Crippen molar-refractivity contribution in [2.45, 2.75) is 0 Å². The maximum Gasteiger partial charge on any atom is 0.141 e. The highest BCUT2D eigenvalue weighted by atomic mass is 35.5. The first kappa shape index (κ1) is 16.2. The highest BCUT2D eigenvalue weighted by molar-refractivity contribution is 6.30. The summed E-state index contributed by atoms with van der Waals surface area (Å²) in [6, 6.07) is 13.1. The molecule has 0 saturated heterocycles. The number of hydrogen-bond donors (Lipinski definition) is 3. The van der Waals surface area contributed by atoms with Gasteiger partial charge in [-0.3, -0.25) is 0 Å². The summed E-state index contributed by atoms with van der Waals surface area (Å²) in [7, 11) is 0. The van der Waals surface area contributed by atoms with E-state index in [1.165, 1.54) is 47.1 Å². The van der Waals surface area contributed by atoms with Gasteiger partial charge in [0, 0.05) is 23.1 Å². The lowest BCUT2D eigenvalue weighted by atomic mass is 10.1. The number of aromatic nitrogens is 2. The molecule has 0 radical (unpaired) electrons. The molecule has 5 nitrogen and oxygen atoms in total. The third kappa shape index (κ3) is 2.60. The number of phenolic OH excluding ortho intramolecular Hbond substituents is 3. The first-order valence-electron chi connectivity index (χ1n) is 7.63. The molecule has 4 aromatic rings. The summed E-state index contributed by atoms with van der Waals surface area (Å²) >= 11 is 5.88. The van der Waals surface area contributed by atoms with Gasteiger partial charge in [-0.05, 0) is 42.5 Å². The van der Waals surface area contributed by atoms with Crippen LogP contribution in [-0.2, 0) is 0 Å². The second-order valence-corrected chi connectivity index (χ2v) is 6.17. The summed E-state index contributed by atoms with van der Waals surface area (Å²) in [5.41, 5.74) is 1.90. The zero-order chi connectivity index (χ0) is 18.4. The van der Waals surface area contributed by atoms with Gasteiger partial charge in [0.15, 0.2) is 0 Å². The lowest BCUT2D eigenvalue weighted by molar-refractivity contribution is 0.451. The number of hydrogen-bond acceptors (Lipinski definition) is 4. The Morgan fingerprint density at radius 2 is 1.62 bits per heavy atom. The van der Waals surface area contributed by atoms with Crippen molar-refractivity contribution < 1.29 is 19.7 Å². The van der Waals surface area contributed by atoms with Crippen molar-refractivity contribution in [3.05, 3.63) is 65.4 Å². The minimum Gasteiger partial charge on any atom is -0.508 e. The Hall–Kier alpha value is -3.25. The smallest absolute Gasteiger partial charge is 0.141 e. The molecule has 4 rings (SSSR count). The Morgan fingerprint density at radius 3 is 2.35 bits per heavy atom. The van der Waals surface area contributed by atoms with E-state index in [0.29, 0.717) is 27.8 Å². The van der Waals surface area contributed by atoms with Crippen LogP contribution in [0.25, 0.3) is 27.8 Å². The van der Waals surface area contributed by atoms with Crippen molar-refractivity contribution in [2.75, 3.05) is 0 Å². The summed E-state index contributed by atoms with van der Waals surface area (Å²) in [6.07, 6.45) is 0. The number of aromatic hydroxyl groups is 3. The summed E-state index contributed by atoms with van der Waals surface area (Å²) in [5, 5.41) is 34.7. The fourth-order valence-electron chi connectivity index (χ4n) is 2.84. The van der Waals surface area contributed by atoms with Crippen LogP contribution in [0.1, 0.15) is 0 Å². The molecule has 130 valence electrons. The highest BCUT2D eigenvalue weighted by Gasteiger charge is 2.17. The van der Waals surface area contributed by atoms with Crippen molar-refractivity contribution >= 4 is 22.5 Å². The zero-order valence-electron chi connectivity index (χ0n) is 13.2. The number of rotatable bonds is 2. The number of fused-ring (bicyclic) bond motifs is 1. The van der Waals surface area contributed by atoms with Gasteiger partial charge in [0.25, 0.3) is 0 Å². The van der Waals surface area contributed by atoms with Crippen LogP contribution in [0.2, 0.25) is 5.02 Å². The van der Waals surface area contributed by atoms with E-state index in [0.717, 1.165) is 0 Å². The molecule has 3 aromatic carbocycles. The van der Waals surface area contributed by atoms with E-state index in [1.54, 1.807) is 12.1 Å². The Balaban J connectivity index is 2.02. The van der Waals surface area contributed by atoms with Crippen molar-refractivity contribution in [1.29, 1.82) is 0 Å². The molecule has 7 heteroatoms. The Morgan fingerprint density at radius 1 is 0.885 bits per heavy atom. The predicted molar refractivity (Wildman–Crippen MR) is 96.5 cm³/mol. The highest BCUT2D eigenvalue weighted by Crippen LogP contribution is 2.37. The Labute approximate surface area is 152 Å². The molecule has 3 N–H and O–H groups in total. The second kappa shape index (κ2) is 5.93. The van der Waals surface area contributed by atoms with Crippen LogP contribution < -0.4 is 0 Å². The van der Waals surface area contributed by atoms with E-state index >= 15 is 0 Å². The quantitative estimate of drug-likeness (QED) is 0.482. The summed E-state index contributed by atoms with van der Waals surface area (Å²) in [4.78, 5) is 0. The molecule has 0 fully saturated rings. The monoisotopic (exact) mass is 370 g/mol. The van der Waals surface area contributed by atoms with Crippen LogP contribution in [0.3, 0.4) is 0 Å². The first-order valence-corrected chi connectivity index (χ1v) is 8.01. The number of nitrogens with zero attached hydrogens (tertiary/aromatic N) is 2. The van der Waals surface area contributed by atoms with Crippen molar-refractivity contribution in [3.63, 3.8) is 0 Å². The van der Waals surface area contributed by atoms with Crippen molar-refractivity contribution in [2.24, 2.45) is 0 Å². The normalized spacial score (nSPS) is 11.2. The SMILES string of the molecule is Oc1ccc(-c2nn(-c3ccc(F)c(Cl)c3)c3cc(O)ccc23)c(O)c1. The zero-order valence-corrected chi connectivity index (χ0v) is 13.9. The molecular weight excluding hydrogens is 359 g/mol. The maximum atomic E-state index is 13.5. The molecule has 26 heavy (non-hydrogen) atoms. The molecule has 0 aliphatic rings. The van der Waals surface area contributed by atoms with E-state index in [-0.39, 0.29) is 22.3 Å². The third-order valence-electron chi connectivity index (χ3n) is 4.05. The molecule has 0 amide bonds. The minimum absolute atomic E-state index is 0.0355. The van der Waals surface area contributed by atoms with Crippen molar-refractivity contribution in [1.82, 2.24) is 9.78 Å². The molecule has 0 bridgehead atoms. The van der Waals surface area contributed by atoms with E-state index in [2.05, 4.69) is 5.10 Å². The summed E-state index contributed by atoms with van der Waals surface area (Å²) in [6.45, 7) is 0. The van der Waals surface area contributed by atoms with Crippen LogP contribution in [0.5, 0.6) is 17.2 Å². The topological polar surface area (TPSA) is 78.5 Å². The standard InChI is InChI=1S/C19H12ClFN2O3/c20-15-7-10(1-6-16(15)21)23-17-8-11(24)2-4-13(17)19(22-23)14-5-3-12(25)9-18(14)26/h1-9,24-26H. The number of phenols is 3. The van der Waals surface area contributed by atoms with Gasteiger partial charge >= 0.3 is 0 Å². The van der Waals surface area contributed by atoms with Crippen molar-refractivity contribution in [3.8, 4) is 34.2 Å². The number of halogens is 2. The molecule has 0 aliphatic heterocycles. The first-order chi connectivity index (χ1) is 12.4. The molecule has 0 unspecified atom stereocenters. The molecule has 0 spiro atoms. The van der Waals surface area contributed by atoms with Gasteiger partial charge in [0.2, 0.25) is 0 Å². The molecule has 0 saturated carbocycles. The molecule has 0 aliphatic carbocycles.